The zero-order valence-electron chi connectivity index (χ0n) is 12.0. The molecule has 1 atom stereocenters. The maximum atomic E-state index is 11.7. The molecule has 110 valence electrons. The molecule has 1 aromatic heterocycles. The van der Waals surface area contributed by atoms with Crippen molar-refractivity contribution >= 4 is 16.8 Å². The zero-order valence-corrected chi connectivity index (χ0v) is 12.0. The normalized spacial score (nSPS) is 17.4. The molecule has 2 aromatic rings. The number of nitrogens with two attached hydrogens (primary N) is 1. The highest BCUT2D eigenvalue weighted by molar-refractivity contribution is 5.84. The van der Waals surface area contributed by atoms with Crippen LogP contribution in [0.25, 0.3) is 10.9 Å². The fourth-order valence-electron chi connectivity index (χ4n) is 2.23. The van der Waals surface area contributed by atoms with Crippen molar-refractivity contribution in [1.82, 2.24) is 10.3 Å². The lowest BCUT2D eigenvalue weighted by molar-refractivity contribution is -0.125. The number of fused-ring (bicyclic) bond motifs is 1. The number of amides is 1. The number of benzene rings is 1. The summed E-state index contributed by atoms with van der Waals surface area (Å²) in [6.45, 7) is 1.99. The van der Waals surface area contributed by atoms with E-state index in [0.29, 0.717) is 11.8 Å². The second kappa shape index (κ2) is 5.33. The van der Waals surface area contributed by atoms with Crippen molar-refractivity contribution in [3.05, 3.63) is 36.5 Å². The summed E-state index contributed by atoms with van der Waals surface area (Å²) >= 11 is 0. The first-order valence-electron chi connectivity index (χ1n) is 7.12. The van der Waals surface area contributed by atoms with Crippen LogP contribution in [0.4, 0.5) is 0 Å². The van der Waals surface area contributed by atoms with Crippen LogP contribution in [-0.4, -0.2) is 29.1 Å². The van der Waals surface area contributed by atoms with E-state index in [4.69, 9.17) is 10.5 Å². The van der Waals surface area contributed by atoms with E-state index in [1.54, 1.807) is 13.1 Å². The van der Waals surface area contributed by atoms with Crippen molar-refractivity contribution in [2.45, 2.75) is 31.3 Å². The Morgan fingerprint density at radius 3 is 3.00 bits per heavy atom. The molecule has 1 fully saturated rings. The molecule has 1 heterocycles. The molecule has 1 aliphatic carbocycles. The second-order valence-corrected chi connectivity index (χ2v) is 5.76. The van der Waals surface area contributed by atoms with Crippen molar-refractivity contribution in [2.75, 3.05) is 6.61 Å². The van der Waals surface area contributed by atoms with Crippen LogP contribution in [0.5, 0.6) is 5.75 Å². The third-order valence-corrected chi connectivity index (χ3v) is 3.75. The number of nitrogens with one attached hydrogen (secondary N) is 1. The van der Waals surface area contributed by atoms with Crippen LogP contribution < -0.4 is 15.8 Å². The van der Waals surface area contributed by atoms with Crippen molar-refractivity contribution in [2.24, 2.45) is 5.73 Å². The molecule has 3 rings (SSSR count). The third-order valence-electron chi connectivity index (χ3n) is 3.75. The lowest BCUT2D eigenvalue weighted by Crippen LogP contribution is -2.57. The SMILES string of the molecule is CC(COc1ccc2cccnc2c1)(NC1CC1)C(N)=O. The first-order chi connectivity index (χ1) is 10.1. The highest BCUT2D eigenvalue weighted by atomic mass is 16.5. The molecule has 5 heteroatoms. The van der Waals surface area contributed by atoms with Gasteiger partial charge in [-0.05, 0) is 38.0 Å². The first-order valence-corrected chi connectivity index (χ1v) is 7.12. The average Bonchev–Trinajstić information content (AvgIpc) is 3.28. The summed E-state index contributed by atoms with van der Waals surface area (Å²) in [6, 6.07) is 9.97. The molecule has 0 saturated heterocycles. The Bertz CT molecular complexity index is 669. The molecule has 0 aliphatic heterocycles. The van der Waals surface area contributed by atoms with E-state index in [9.17, 15) is 4.79 Å². The third kappa shape index (κ3) is 3.13. The number of carbonyl (C=O) groups excluding carboxylic acids is 1. The highest BCUT2D eigenvalue weighted by Gasteiger charge is 2.37. The van der Waals surface area contributed by atoms with Crippen LogP contribution in [0, 0.1) is 0 Å². The van der Waals surface area contributed by atoms with E-state index < -0.39 is 11.4 Å². The Kier molecular flexibility index (Phi) is 3.51. The Balaban J connectivity index is 1.73. The van der Waals surface area contributed by atoms with Gasteiger partial charge in [0, 0.05) is 23.7 Å². The minimum absolute atomic E-state index is 0.206. The minimum Gasteiger partial charge on any atom is -0.491 e. The van der Waals surface area contributed by atoms with Gasteiger partial charge < -0.3 is 10.5 Å². The lowest BCUT2D eigenvalue weighted by Gasteiger charge is -2.27. The highest BCUT2D eigenvalue weighted by Crippen LogP contribution is 2.24. The van der Waals surface area contributed by atoms with E-state index in [1.165, 1.54) is 0 Å². The monoisotopic (exact) mass is 285 g/mol. The summed E-state index contributed by atoms with van der Waals surface area (Å²) in [5, 5.41) is 4.31. The van der Waals surface area contributed by atoms with Gasteiger partial charge in [-0.1, -0.05) is 6.07 Å². The summed E-state index contributed by atoms with van der Waals surface area (Å²) in [4.78, 5) is 16.0. The Labute approximate surface area is 123 Å². The molecule has 0 radical (unpaired) electrons. The van der Waals surface area contributed by atoms with Crippen LogP contribution in [0.1, 0.15) is 19.8 Å². The van der Waals surface area contributed by atoms with Crippen LogP contribution >= 0.6 is 0 Å². The Morgan fingerprint density at radius 2 is 2.29 bits per heavy atom. The number of pyridine rings is 1. The summed E-state index contributed by atoms with van der Waals surface area (Å²) in [6.07, 6.45) is 3.92. The van der Waals surface area contributed by atoms with Crippen LogP contribution in [0.15, 0.2) is 36.5 Å². The molecule has 1 saturated carbocycles. The topological polar surface area (TPSA) is 77.2 Å². The molecule has 0 bridgehead atoms. The van der Waals surface area contributed by atoms with Crippen LogP contribution in [0.2, 0.25) is 0 Å². The molecule has 21 heavy (non-hydrogen) atoms. The lowest BCUT2D eigenvalue weighted by atomic mass is 10.0. The van der Waals surface area contributed by atoms with Gasteiger partial charge in [0.25, 0.3) is 0 Å². The number of hydrogen-bond acceptors (Lipinski definition) is 4. The molecule has 1 unspecified atom stereocenters. The Morgan fingerprint density at radius 1 is 1.48 bits per heavy atom. The van der Waals surface area contributed by atoms with Crippen LogP contribution in [-0.2, 0) is 4.79 Å². The van der Waals surface area contributed by atoms with Gasteiger partial charge in [0.1, 0.15) is 17.9 Å². The molecule has 3 N–H and O–H groups in total. The second-order valence-electron chi connectivity index (χ2n) is 5.76. The fraction of sp³-hybridized carbons (Fsp3) is 0.375. The summed E-state index contributed by atoms with van der Waals surface area (Å²) in [7, 11) is 0. The molecule has 1 aliphatic rings. The standard InChI is InChI=1S/C16H19N3O2/c1-16(15(17)20,19-12-5-6-12)10-21-13-7-4-11-3-2-8-18-14(11)9-13/h2-4,7-9,12,19H,5-6,10H2,1H3,(H2,17,20). The number of nitrogens with zero attached hydrogens (tertiary/aromatic N) is 1. The quantitative estimate of drug-likeness (QED) is 0.845. The number of aromatic nitrogens is 1. The van der Waals surface area contributed by atoms with Crippen molar-refractivity contribution in [3.63, 3.8) is 0 Å². The largest absolute Gasteiger partial charge is 0.491 e. The molecular weight excluding hydrogens is 266 g/mol. The van der Waals surface area contributed by atoms with Gasteiger partial charge in [-0.15, -0.1) is 0 Å². The maximum Gasteiger partial charge on any atom is 0.240 e. The Hall–Kier alpha value is -2.14. The number of ether oxygens (including phenoxy) is 1. The summed E-state index contributed by atoms with van der Waals surface area (Å²) in [5.74, 6) is 0.291. The minimum atomic E-state index is -0.847. The van der Waals surface area contributed by atoms with Crippen molar-refractivity contribution in [3.8, 4) is 5.75 Å². The van der Waals surface area contributed by atoms with Crippen LogP contribution in [0.3, 0.4) is 0 Å². The molecule has 1 aromatic carbocycles. The predicted octanol–water partition coefficient (Wildman–Crippen LogP) is 1.61. The van der Waals surface area contributed by atoms with Gasteiger partial charge in [0.2, 0.25) is 5.91 Å². The number of hydrogen-bond donors (Lipinski definition) is 2. The van der Waals surface area contributed by atoms with Crippen molar-refractivity contribution in [1.29, 1.82) is 0 Å². The molecular formula is C16H19N3O2. The molecule has 5 nitrogen and oxygen atoms in total. The van der Waals surface area contributed by atoms with E-state index in [-0.39, 0.29) is 6.61 Å². The van der Waals surface area contributed by atoms with Gasteiger partial charge in [-0.2, -0.15) is 0 Å². The molecule has 0 spiro atoms. The number of carbonyl (C=O) groups is 1. The fourth-order valence-corrected chi connectivity index (χ4v) is 2.23. The van der Waals surface area contributed by atoms with Gasteiger partial charge in [-0.3, -0.25) is 15.1 Å². The first kappa shape index (κ1) is 13.8. The maximum absolute atomic E-state index is 11.7. The average molecular weight is 285 g/mol. The smallest absolute Gasteiger partial charge is 0.240 e. The van der Waals surface area contributed by atoms with E-state index in [0.717, 1.165) is 23.7 Å². The van der Waals surface area contributed by atoms with E-state index in [2.05, 4.69) is 10.3 Å². The summed E-state index contributed by atoms with van der Waals surface area (Å²) in [5.41, 5.74) is 5.53. The predicted molar refractivity (Wildman–Crippen MR) is 81.0 cm³/mol. The van der Waals surface area contributed by atoms with Gasteiger partial charge in [0.05, 0.1) is 5.52 Å². The van der Waals surface area contributed by atoms with Gasteiger partial charge >= 0.3 is 0 Å². The van der Waals surface area contributed by atoms with Gasteiger partial charge in [-0.25, -0.2) is 0 Å². The number of rotatable bonds is 6. The zero-order chi connectivity index (χ0) is 14.9. The van der Waals surface area contributed by atoms with E-state index >= 15 is 0 Å². The van der Waals surface area contributed by atoms with Crippen molar-refractivity contribution < 1.29 is 9.53 Å². The van der Waals surface area contributed by atoms with E-state index in [1.807, 2.05) is 30.3 Å². The van der Waals surface area contributed by atoms with Gasteiger partial charge in [0.15, 0.2) is 0 Å². The number of primary amides is 1. The molecule has 1 amide bonds. The summed E-state index contributed by atoms with van der Waals surface area (Å²) < 4.78 is 5.77.